The normalized spacial score (nSPS) is 29.7. The summed E-state index contributed by atoms with van der Waals surface area (Å²) in [4.78, 5) is 11.2. The summed E-state index contributed by atoms with van der Waals surface area (Å²) in [5.74, 6) is -0.290. The van der Waals surface area contributed by atoms with Gasteiger partial charge in [0.05, 0.1) is 25.4 Å². The molecule has 1 heterocycles. The molecule has 1 unspecified atom stereocenters. The van der Waals surface area contributed by atoms with E-state index in [-0.39, 0.29) is 30.2 Å². The highest BCUT2D eigenvalue weighted by atomic mass is 16.7. The third-order valence-corrected chi connectivity index (χ3v) is 6.57. The highest BCUT2D eigenvalue weighted by Crippen LogP contribution is 2.36. The van der Waals surface area contributed by atoms with Gasteiger partial charge in [-0.3, -0.25) is 4.79 Å². The minimum atomic E-state index is -0.541. The van der Waals surface area contributed by atoms with Crippen LogP contribution in [0.5, 0.6) is 0 Å². The Labute approximate surface area is 194 Å². The number of carbonyl (C=O) groups is 1. The summed E-state index contributed by atoms with van der Waals surface area (Å²) < 4.78 is 16.7. The number of hydrogen-bond acceptors (Lipinski definition) is 6. The predicted octanol–water partition coefficient (Wildman–Crippen LogP) is 4.68. The lowest BCUT2D eigenvalue weighted by molar-refractivity contribution is -0.179. The number of ether oxygens (including phenoxy) is 3. The van der Waals surface area contributed by atoms with E-state index in [4.69, 9.17) is 9.47 Å². The number of methoxy groups -OCH3 is 1. The Hall–Kier alpha value is -1.21. The number of rotatable bonds is 14. The Kier molecular flexibility index (Phi) is 13.2. The van der Waals surface area contributed by atoms with Crippen LogP contribution < -0.4 is 0 Å². The van der Waals surface area contributed by atoms with E-state index in [9.17, 15) is 15.0 Å². The number of aliphatic hydroxyl groups is 2. The van der Waals surface area contributed by atoms with Crippen LogP contribution in [0.2, 0.25) is 0 Å². The van der Waals surface area contributed by atoms with Crippen LogP contribution in [0.15, 0.2) is 24.3 Å². The van der Waals surface area contributed by atoms with Crippen LogP contribution in [0.25, 0.3) is 0 Å². The van der Waals surface area contributed by atoms with E-state index in [1.807, 2.05) is 0 Å². The Bertz CT molecular complexity index is 569. The van der Waals surface area contributed by atoms with Gasteiger partial charge in [0.25, 0.3) is 0 Å². The summed E-state index contributed by atoms with van der Waals surface area (Å²) >= 11 is 0. The van der Waals surface area contributed by atoms with Crippen molar-refractivity contribution in [1.29, 1.82) is 0 Å². The molecule has 6 nitrogen and oxygen atoms in total. The average molecular weight is 453 g/mol. The minimum Gasteiger partial charge on any atom is -0.469 e. The molecule has 0 aromatic rings. The number of allylic oxidation sites excluding steroid dienone is 2. The van der Waals surface area contributed by atoms with Crippen LogP contribution in [0.3, 0.4) is 0 Å². The van der Waals surface area contributed by atoms with Gasteiger partial charge in [-0.2, -0.15) is 0 Å². The molecule has 1 aliphatic carbocycles. The summed E-state index contributed by atoms with van der Waals surface area (Å²) in [7, 11) is 1.40. The molecule has 1 saturated heterocycles. The van der Waals surface area contributed by atoms with Gasteiger partial charge < -0.3 is 24.4 Å². The molecular weight excluding hydrogens is 408 g/mol. The van der Waals surface area contributed by atoms with Crippen molar-refractivity contribution in [3.05, 3.63) is 24.3 Å². The molecule has 2 rings (SSSR count). The summed E-state index contributed by atoms with van der Waals surface area (Å²) in [5, 5.41) is 21.1. The van der Waals surface area contributed by atoms with Gasteiger partial charge in [0.1, 0.15) is 0 Å². The van der Waals surface area contributed by atoms with Crippen molar-refractivity contribution in [3.8, 4) is 0 Å². The first-order chi connectivity index (χ1) is 15.5. The number of hydrogen-bond donors (Lipinski definition) is 2. The van der Waals surface area contributed by atoms with Crippen LogP contribution in [0.1, 0.15) is 84.0 Å². The van der Waals surface area contributed by atoms with Crippen molar-refractivity contribution < 1.29 is 29.2 Å². The van der Waals surface area contributed by atoms with Gasteiger partial charge in [-0.15, -0.1) is 0 Å². The van der Waals surface area contributed by atoms with Gasteiger partial charge >= 0.3 is 5.97 Å². The highest BCUT2D eigenvalue weighted by molar-refractivity contribution is 5.69. The summed E-state index contributed by atoms with van der Waals surface area (Å²) in [6.07, 6.45) is 17.7. The van der Waals surface area contributed by atoms with Crippen molar-refractivity contribution in [1.82, 2.24) is 0 Å². The Morgan fingerprint density at radius 1 is 1.16 bits per heavy atom. The molecule has 1 saturated carbocycles. The van der Waals surface area contributed by atoms with E-state index in [1.165, 1.54) is 13.5 Å². The molecular formula is C26H44O6. The maximum Gasteiger partial charge on any atom is 0.305 e. The fraction of sp³-hybridized carbons (Fsp3) is 0.808. The number of unbranched alkanes of at least 4 members (excludes halogenated alkanes) is 3. The van der Waals surface area contributed by atoms with Crippen molar-refractivity contribution in [2.45, 2.75) is 109 Å². The molecule has 0 radical (unpaired) electrons. The van der Waals surface area contributed by atoms with Crippen molar-refractivity contribution >= 4 is 5.97 Å². The average Bonchev–Trinajstić information content (AvgIpc) is 3.06. The van der Waals surface area contributed by atoms with Crippen molar-refractivity contribution in [3.63, 3.8) is 0 Å². The monoisotopic (exact) mass is 452 g/mol. The molecule has 2 fully saturated rings. The molecule has 0 aromatic heterocycles. The number of esters is 1. The van der Waals surface area contributed by atoms with E-state index >= 15 is 0 Å². The van der Waals surface area contributed by atoms with Gasteiger partial charge in [-0.05, 0) is 50.9 Å². The van der Waals surface area contributed by atoms with E-state index in [1.54, 1.807) is 0 Å². The third-order valence-electron chi connectivity index (χ3n) is 6.57. The summed E-state index contributed by atoms with van der Waals surface area (Å²) in [5.41, 5.74) is 0. The lowest BCUT2D eigenvalue weighted by atomic mass is 9.89. The zero-order valence-corrected chi connectivity index (χ0v) is 20.0. The van der Waals surface area contributed by atoms with Crippen LogP contribution >= 0.6 is 0 Å². The molecule has 0 amide bonds. The van der Waals surface area contributed by atoms with Crippen LogP contribution in [-0.4, -0.2) is 54.5 Å². The molecule has 184 valence electrons. The Balaban J connectivity index is 1.90. The SMILES string of the molecule is CCCCC[C@@H](C=C[C@@H]1[C@@H](CC=CCCCC(=O)OC)[C@@H](O)C[C@H]1O)OC1CCCCO1. The fourth-order valence-electron chi connectivity index (χ4n) is 4.61. The minimum absolute atomic E-state index is 0.0136. The summed E-state index contributed by atoms with van der Waals surface area (Å²) in [6, 6.07) is 0. The number of aliphatic hydroxyl groups excluding tert-OH is 2. The maximum atomic E-state index is 11.2. The van der Waals surface area contributed by atoms with Crippen molar-refractivity contribution in [2.75, 3.05) is 13.7 Å². The molecule has 2 aliphatic rings. The first kappa shape index (κ1) is 27.0. The third kappa shape index (κ3) is 9.74. The van der Waals surface area contributed by atoms with Crippen LogP contribution in [-0.2, 0) is 19.0 Å². The van der Waals surface area contributed by atoms with E-state index in [0.717, 1.165) is 58.0 Å². The lowest BCUT2D eigenvalue weighted by Gasteiger charge is -2.27. The second-order valence-corrected chi connectivity index (χ2v) is 9.14. The van der Waals surface area contributed by atoms with Gasteiger partial charge in [0.15, 0.2) is 6.29 Å². The molecule has 0 spiro atoms. The Morgan fingerprint density at radius 3 is 2.72 bits per heavy atom. The predicted molar refractivity (Wildman–Crippen MR) is 125 cm³/mol. The van der Waals surface area contributed by atoms with E-state index < -0.39 is 12.2 Å². The van der Waals surface area contributed by atoms with Crippen LogP contribution in [0, 0.1) is 11.8 Å². The molecule has 6 atom stereocenters. The number of carbonyl (C=O) groups excluding carboxylic acids is 1. The molecule has 32 heavy (non-hydrogen) atoms. The van der Waals surface area contributed by atoms with Gasteiger partial charge in [-0.25, -0.2) is 0 Å². The molecule has 6 heteroatoms. The summed E-state index contributed by atoms with van der Waals surface area (Å²) in [6.45, 7) is 2.96. The van der Waals surface area contributed by atoms with Crippen LogP contribution in [0.4, 0.5) is 0 Å². The zero-order chi connectivity index (χ0) is 23.2. The largest absolute Gasteiger partial charge is 0.469 e. The second kappa shape index (κ2) is 15.6. The molecule has 1 aliphatic heterocycles. The molecule has 0 bridgehead atoms. The quantitative estimate of drug-likeness (QED) is 0.226. The van der Waals surface area contributed by atoms with E-state index in [0.29, 0.717) is 19.3 Å². The standard InChI is InChI=1S/C26H44O6/c1-3-4-7-12-20(32-26-15-10-11-18-31-26)16-17-22-21(23(27)19-24(22)28)13-8-5-6-9-14-25(29)30-2/h5,8,16-17,20-24,26-28H,3-4,6-7,9-15,18-19H2,1-2H3/t20-,21+,22+,23-,24+,26?/m0/s1. The molecule has 0 aromatic carbocycles. The van der Waals surface area contributed by atoms with E-state index in [2.05, 4.69) is 36.0 Å². The highest BCUT2D eigenvalue weighted by Gasteiger charge is 2.39. The fourth-order valence-corrected chi connectivity index (χ4v) is 4.61. The molecule has 2 N–H and O–H groups in total. The topological polar surface area (TPSA) is 85.2 Å². The smallest absolute Gasteiger partial charge is 0.305 e. The van der Waals surface area contributed by atoms with Crippen molar-refractivity contribution in [2.24, 2.45) is 11.8 Å². The first-order valence-corrected chi connectivity index (χ1v) is 12.6. The Morgan fingerprint density at radius 2 is 2.00 bits per heavy atom. The van der Waals surface area contributed by atoms with Gasteiger partial charge in [0.2, 0.25) is 0 Å². The lowest BCUT2D eigenvalue weighted by Crippen LogP contribution is -2.27. The van der Waals surface area contributed by atoms with Gasteiger partial charge in [0, 0.05) is 25.4 Å². The zero-order valence-electron chi connectivity index (χ0n) is 20.0. The van der Waals surface area contributed by atoms with Gasteiger partial charge in [-0.1, -0.05) is 50.5 Å². The maximum absolute atomic E-state index is 11.2. The second-order valence-electron chi connectivity index (χ2n) is 9.14. The first-order valence-electron chi connectivity index (χ1n) is 12.6.